The summed E-state index contributed by atoms with van der Waals surface area (Å²) in [6.45, 7) is 0. The fourth-order valence-corrected chi connectivity index (χ4v) is 3.26. The summed E-state index contributed by atoms with van der Waals surface area (Å²) in [5, 5.41) is 3.91. The molecule has 0 spiro atoms. The number of hydrogen-bond donors (Lipinski definition) is 0. The SMILES string of the molecule is Cn1c(=O)c2cn(S(=O)(=O)CCCCl)nc2n(C)c1=O. The first-order chi connectivity index (χ1) is 9.29. The minimum atomic E-state index is -3.69. The van der Waals surface area contributed by atoms with Crippen LogP contribution in [-0.4, -0.2) is 38.4 Å². The summed E-state index contributed by atoms with van der Waals surface area (Å²) in [5.74, 6) is 0.0268. The third kappa shape index (κ3) is 2.27. The highest BCUT2D eigenvalue weighted by Crippen LogP contribution is 2.08. The third-order valence-electron chi connectivity index (χ3n) is 2.92. The molecule has 0 radical (unpaired) electrons. The van der Waals surface area contributed by atoms with Crippen molar-refractivity contribution < 1.29 is 8.42 Å². The number of aryl methyl sites for hydroxylation is 1. The highest BCUT2D eigenvalue weighted by atomic mass is 35.5. The molecule has 0 saturated heterocycles. The molecular formula is C10H13ClN4O4S. The second-order valence-electron chi connectivity index (χ2n) is 4.30. The molecule has 2 rings (SSSR count). The molecule has 2 aromatic heterocycles. The Morgan fingerprint density at radius 1 is 1.25 bits per heavy atom. The van der Waals surface area contributed by atoms with E-state index in [-0.39, 0.29) is 29.1 Å². The minimum absolute atomic E-state index is 0.0348. The second kappa shape index (κ2) is 5.06. The Hall–Kier alpha value is -1.61. The molecule has 0 bridgehead atoms. The molecule has 0 unspecified atom stereocenters. The monoisotopic (exact) mass is 320 g/mol. The molecule has 20 heavy (non-hydrogen) atoms. The van der Waals surface area contributed by atoms with Gasteiger partial charge in [-0.2, -0.15) is 4.09 Å². The number of aromatic nitrogens is 4. The topological polar surface area (TPSA) is 96.0 Å². The highest BCUT2D eigenvalue weighted by Gasteiger charge is 2.19. The van der Waals surface area contributed by atoms with Crippen molar-refractivity contribution in [2.24, 2.45) is 14.1 Å². The smallest absolute Gasteiger partial charge is 0.279 e. The van der Waals surface area contributed by atoms with Crippen molar-refractivity contribution in [1.29, 1.82) is 0 Å². The lowest BCUT2D eigenvalue weighted by atomic mass is 10.4. The van der Waals surface area contributed by atoms with Crippen molar-refractivity contribution in [3.05, 3.63) is 27.0 Å². The summed E-state index contributed by atoms with van der Waals surface area (Å²) in [4.78, 5) is 23.7. The Kier molecular flexibility index (Phi) is 3.74. The summed E-state index contributed by atoms with van der Waals surface area (Å²) in [6, 6.07) is 0. The fourth-order valence-electron chi connectivity index (χ4n) is 1.80. The van der Waals surface area contributed by atoms with Gasteiger partial charge in [0.2, 0.25) is 0 Å². The van der Waals surface area contributed by atoms with E-state index >= 15 is 0 Å². The number of halogens is 1. The van der Waals surface area contributed by atoms with Gasteiger partial charge < -0.3 is 0 Å². The molecule has 110 valence electrons. The van der Waals surface area contributed by atoms with Crippen molar-refractivity contribution in [2.45, 2.75) is 6.42 Å². The lowest BCUT2D eigenvalue weighted by molar-refractivity contribution is 0.579. The summed E-state index contributed by atoms with van der Waals surface area (Å²) < 4.78 is 26.8. The van der Waals surface area contributed by atoms with Crippen LogP contribution in [0.2, 0.25) is 0 Å². The van der Waals surface area contributed by atoms with E-state index < -0.39 is 21.3 Å². The zero-order chi connectivity index (χ0) is 15.1. The summed E-state index contributed by atoms with van der Waals surface area (Å²) >= 11 is 5.47. The average molecular weight is 321 g/mol. The number of nitrogens with zero attached hydrogens (tertiary/aromatic N) is 4. The lowest BCUT2D eigenvalue weighted by Gasteiger charge is -2.02. The van der Waals surface area contributed by atoms with Crippen LogP contribution in [0.3, 0.4) is 0 Å². The van der Waals surface area contributed by atoms with Gasteiger partial charge in [0, 0.05) is 20.0 Å². The molecule has 0 aliphatic carbocycles. The quantitative estimate of drug-likeness (QED) is 0.690. The van der Waals surface area contributed by atoms with E-state index in [1.54, 1.807) is 0 Å². The first-order valence-corrected chi connectivity index (χ1v) is 7.88. The van der Waals surface area contributed by atoms with Crippen LogP contribution in [0, 0.1) is 0 Å². The van der Waals surface area contributed by atoms with Gasteiger partial charge in [0.25, 0.3) is 15.6 Å². The van der Waals surface area contributed by atoms with Crippen LogP contribution in [-0.2, 0) is 24.1 Å². The van der Waals surface area contributed by atoms with Gasteiger partial charge in [-0.25, -0.2) is 13.2 Å². The molecule has 10 heteroatoms. The van der Waals surface area contributed by atoms with Crippen LogP contribution < -0.4 is 11.2 Å². The maximum atomic E-state index is 12.0. The van der Waals surface area contributed by atoms with E-state index in [2.05, 4.69) is 5.10 Å². The summed E-state index contributed by atoms with van der Waals surface area (Å²) in [5.41, 5.74) is -1.11. The van der Waals surface area contributed by atoms with Gasteiger partial charge in [-0.05, 0) is 6.42 Å². The molecular weight excluding hydrogens is 308 g/mol. The molecule has 2 heterocycles. The van der Waals surface area contributed by atoms with Gasteiger partial charge >= 0.3 is 5.69 Å². The van der Waals surface area contributed by atoms with E-state index in [0.717, 1.165) is 19.4 Å². The van der Waals surface area contributed by atoms with Gasteiger partial charge in [-0.3, -0.25) is 13.9 Å². The van der Waals surface area contributed by atoms with Gasteiger partial charge in [0.05, 0.1) is 11.9 Å². The first kappa shape index (κ1) is 14.8. The maximum Gasteiger partial charge on any atom is 0.332 e. The van der Waals surface area contributed by atoms with E-state index in [4.69, 9.17) is 11.6 Å². The molecule has 0 atom stereocenters. The Morgan fingerprint density at radius 3 is 2.50 bits per heavy atom. The van der Waals surface area contributed by atoms with Gasteiger partial charge in [-0.15, -0.1) is 16.7 Å². The summed E-state index contributed by atoms with van der Waals surface area (Å²) in [6.07, 6.45) is 1.40. The standard InChI is InChI=1S/C10H13ClN4O4S/c1-13-8-7(9(16)14(2)10(13)17)6-15(12-8)20(18,19)5-3-4-11/h6H,3-5H2,1-2H3. The predicted molar refractivity (Wildman–Crippen MR) is 74.7 cm³/mol. The van der Waals surface area contributed by atoms with Gasteiger partial charge in [-0.1, -0.05) is 0 Å². The molecule has 2 aromatic rings. The second-order valence-corrected chi connectivity index (χ2v) is 6.63. The van der Waals surface area contributed by atoms with E-state index in [0.29, 0.717) is 0 Å². The predicted octanol–water partition coefficient (Wildman–Crippen LogP) is -0.760. The fraction of sp³-hybridized carbons (Fsp3) is 0.500. The van der Waals surface area contributed by atoms with Crippen LogP contribution in [0.15, 0.2) is 15.8 Å². The van der Waals surface area contributed by atoms with Crippen molar-refractivity contribution in [3.63, 3.8) is 0 Å². The maximum absolute atomic E-state index is 12.0. The molecule has 0 aromatic carbocycles. The Bertz CT molecular complexity index is 877. The van der Waals surface area contributed by atoms with Crippen molar-refractivity contribution in [1.82, 2.24) is 18.3 Å². The van der Waals surface area contributed by atoms with Crippen molar-refractivity contribution in [2.75, 3.05) is 11.6 Å². The molecule has 0 aliphatic rings. The molecule has 0 saturated carbocycles. The largest absolute Gasteiger partial charge is 0.332 e. The van der Waals surface area contributed by atoms with Gasteiger partial charge in [0.15, 0.2) is 5.65 Å². The number of hydrogen-bond acceptors (Lipinski definition) is 5. The minimum Gasteiger partial charge on any atom is -0.279 e. The zero-order valence-corrected chi connectivity index (χ0v) is 12.5. The van der Waals surface area contributed by atoms with Crippen LogP contribution in [0.25, 0.3) is 11.0 Å². The third-order valence-corrected chi connectivity index (χ3v) is 4.75. The van der Waals surface area contributed by atoms with Crippen LogP contribution >= 0.6 is 11.6 Å². The highest BCUT2D eigenvalue weighted by molar-refractivity contribution is 7.89. The average Bonchev–Trinajstić information content (AvgIpc) is 2.86. The normalized spacial score (nSPS) is 12.2. The first-order valence-electron chi connectivity index (χ1n) is 5.74. The van der Waals surface area contributed by atoms with Crippen molar-refractivity contribution in [3.8, 4) is 0 Å². The van der Waals surface area contributed by atoms with E-state index in [1.807, 2.05) is 0 Å². The van der Waals surface area contributed by atoms with E-state index in [9.17, 15) is 18.0 Å². The van der Waals surface area contributed by atoms with Gasteiger partial charge in [0.1, 0.15) is 5.39 Å². The Balaban J connectivity index is 2.73. The Labute approximate surface area is 119 Å². The van der Waals surface area contributed by atoms with Crippen molar-refractivity contribution >= 4 is 32.7 Å². The molecule has 0 aliphatic heterocycles. The Morgan fingerprint density at radius 2 is 1.90 bits per heavy atom. The van der Waals surface area contributed by atoms with Crippen LogP contribution in [0.1, 0.15) is 6.42 Å². The number of fused-ring (bicyclic) bond motifs is 1. The molecule has 0 N–H and O–H groups in total. The zero-order valence-electron chi connectivity index (χ0n) is 10.9. The van der Waals surface area contributed by atoms with Crippen LogP contribution in [0.4, 0.5) is 0 Å². The molecule has 8 nitrogen and oxygen atoms in total. The molecule has 0 fully saturated rings. The number of rotatable bonds is 4. The molecule has 0 amide bonds. The number of alkyl halides is 1. The van der Waals surface area contributed by atoms with E-state index in [1.165, 1.54) is 14.1 Å². The van der Waals surface area contributed by atoms with Crippen LogP contribution in [0.5, 0.6) is 0 Å². The lowest BCUT2D eigenvalue weighted by Crippen LogP contribution is -2.36. The summed E-state index contributed by atoms with van der Waals surface area (Å²) in [7, 11) is -0.940.